The number of hydrogen-bond acceptors (Lipinski definition) is 6. The number of sulfonamides is 1. The van der Waals surface area contributed by atoms with Crippen LogP contribution >= 0.6 is 0 Å². The average molecular weight is 531 g/mol. The van der Waals surface area contributed by atoms with Crippen molar-refractivity contribution in [1.29, 1.82) is 0 Å². The fraction of sp³-hybridized carbons (Fsp3) is 0.391. The zero-order valence-corrected chi connectivity index (χ0v) is 20.0. The number of hydrogen-bond donors (Lipinski definition) is 3. The third-order valence-corrected chi connectivity index (χ3v) is 6.96. The number of ether oxygens (including phenoxy) is 2. The first kappa shape index (κ1) is 27.1. The third-order valence-electron chi connectivity index (χ3n) is 5.54. The van der Waals surface area contributed by atoms with E-state index in [1.165, 1.54) is 24.3 Å². The van der Waals surface area contributed by atoms with E-state index in [0.717, 1.165) is 31.0 Å². The standard InChI is InChI=1S/C23H25F3N2O7S/c1-2-34-18-13-15(27-21(29)20(22(30)31)14-6-3-4-7-14)10-11-19(18)36(32,33)28-16-8-5-9-17(12-16)35-23(24,25)26/h5,8-14,20,28H,2-4,6-7H2,1H3,(H,27,29)(H,30,31). The number of halogens is 3. The molecule has 1 fully saturated rings. The van der Waals surface area contributed by atoms with E-state index < -0.39 is 39.9 Å². The lowest BCUT2D eigenvalue weighted by Crippen LogP contribution is -2.34. The zero-order valence-electron chi connectivity index (χ0n) is 19.2. The fourth-order valence-electron chi connectivity index (χ4n) is 4.08. The molecule has 0 spiro atoms. The molecule has 1 unspecified atom stereocenters. The molecule has 0 radical (unpaired) electrons. The molecule has 0 aromatic heterocycles. The van der Waals surface area contributed by atoms with Crippen molar-refractivity contribution in [2.75, 3.05) is 16.6 Å². The van der Waals surface area contributed by atoms with Crippen molar-refractivity contribution in [3.05, 3.63) is 42.5 Å². The predicted molar refractivity (Wildman–Crippen MR) is 123 cm³/mol. The van der Waals surface area contributed by atoms with Gasteiger partial charge in [-0.2, -0.15) is 0 Å². The Morgan fingerprint density at radius 1 is 1.11 bits per heavy atom. The molecule has 1 amide bonds. The highest BCUT2D eigenvalue weighted by molar-refractivity contribution is 7.92. The van der Waals surface area contributed by atoms with Crippen molar-refractivity contribution in [2.45, 2.75) is 43.9 Å². The minimum absolute atomic E-state index is 0.0641. The number of rotatable bonds is 10. The van der Waals surface area contributed by atoms with Crippen LogP contribution in [0.1, 0.15) is 32.6 Å². The van der Waals surface area contributed by atoms with Gasteiger partial charge in [0.05, 0.1) is 12.3 Å². The van der Waals surface area contributed by atoms with Gasteiger partial charge in [-0.3, -0.25) is 14.3 Å². The third kappa shape index (κ3) is 7.03. The van der Waals surface area contributed by atoms with E-state index in [1.54, 1.807) is 6.92 Å². The number of nitrogens with one attached hydrogen (secondary N) is 2. The van der Waals surface area contributed by atoms with E-state index in [4.69, 9.17) is 4.74 Å². The molecule has 1 atom stereocenters. The molecule has 1 aliphatic rings. The van der Waals surface area contributed by atoms with Crippen LogP contribution in [0.3, 0.4) is 0 Å². The quantitative estimate of drug-likeness (QED) is 0.382. The largest absolute Gasteiger partial charge is 0.573 e. The summed E-state index contributed by atoms with van der Waals surface area (Å²) in [4.78, 5) is 24.1. The molecular weight excluding hydrogens is 505 g/mol. The topological polar surface area (TPSA) is 131 Å². The van der Waals surface area contributed by atoms with Crippen LogP contribution in [-0.4, -0.2) is 38.4 Å². The molecule has 0 saturated heterocycles. The van der Waals surface area contributed by atoms with Crippen LogP contribution in [0.2, 0.25) is 0 Å². The Morgan fingerprint density at radius 3 is 2.42 bits per heavy atom. The Balaban J connectivity index is 1.83. The monoisotopic (exact) mass is 530 g/mol. The van der Waals surface area contributed by atoms with E-state index in [1.807, 2.05) is 0 Å². The highest BCUT2D eigenvalue weighted by atomic mass is 32.2. The normalized spacial score (nSPS) is 15.2. The van der Waals surface area contributed by atoms with Crippen LogP contribution in [0.4, 0.5) is 24.5 Å². The van der Waals surface area contributed by atoms with Crippen LogP contribution in [0.15, 0.2) is 47.4 Å². The minimum Gasteiger partial charge on any atom is -0.492 e. The van der Waals surface area contributed by atoms with E-state index in [0.29, 0.717) is 12.8 Å². The van der Waals surface area contributed by atoms with Crippen LogP contribution in [-0.2, 0) is 19.6 Å². The number of alkyl halides is 3. The molecule has 0 aliphatic heterocycles. The van der Waals surface area contributed by atoms with Gasteiger partial charge in [-0.15, -0.1) is 13.2 Å². The number of carboxylic acids is 1. The number of aliphatic carboxylic acids is 1. The Labute approximate surface area is 205 Å². The maximum Gasteiger partial charge on any atom is 0.573 e. The number of carbonyl (C=O) groups excluding carboxylic acids is 1. The first-order chi connectivity index (χ1) is 16.9. The molecule has 2 aromatic rings. The average Bonchev–Trinajstić information content (AvgIpc) is 3.26. The summed E-state index contributed by atoms with van der Waals surface area (Å²) in [5, 5.41) is 12.1. The molecule has 1 aliphatic carbocycles. The number of anilines is 2. The second-order valence-corrected chi connectivity index (χ2v) is 9.78. The molecule has 36 heavy (non-hydrogen) atoms. The van der Waals surface area contributed by atoms with Crippen molar-refractivity contribution >= 4 is 33.3 Å². The van der Waals surface area contributed by atoms with Crippen molar-refractivity contribution in [3.63, 3.8) is 0 Å². The van der Waals surface area contributed by atoms with Crippen molar-refractivity contribution < 1.29 is 45.8 Å². The Morgan fingerprint density at radius 2 is 1.81 bits per heavy atom. The molecule has 9 nitrogen and oxygen atoms in total. The van der Waals surface area contributed by atoms with Gasteiger partial charge in [-0.1, -0.05) is 18.9 Å². The molecule has 196 valence electrons. The Hall–Kier alpha value is -3.48. The number of carboxylic acid groups (broad SMARTS) is 1. The second kappa shape index (κ2) is 11.1. The first-order valence-corrected chi connectivity index (χ1v) is 12.6. The van der Waals surface area contributed by atoms with Gasteiger partial charge in [0.1, 0.15) is 22.3 Å². The second-order valence-electron chi connectivity index (χ2n) is 8.13. The summed E-state index contributed by atoms with van der Waals surface area (Å²) in [7, 11) is -4.33. The first-order valence-electron chi connectivity index (χ1n) is 11.1. The van der Waals surface area contributed by atoms with Gasteiger partial charge in [-0.25, -0.2) is 8.42 Å². The molecule has 13 heteroatoms. The molecule has 1 saturated carbocycles. The summed E-state index contributed by atoms with van der Waals surface area (Å²) in [5.74, 6) is -4.22. The molecule has 0 heterocycles. The van der Waals surface area contributed by atoms with Crippen LogP contribution in [0.25, 0.3) is 0 Å². The Bertz CT molecular complexity index is 1210. The van der Waals surface area contributed by atoms with Gasteiger partial charge in [-0.05, 0) is 49.9 Å². The summed E-state index contributed by atoms with van der Waals surface area (Å²) in [5.41, 5.74) is -0.0512. The molecule has 2 aromatic carbocycles. The lowest BCUT2D eigenvalue weighted by atomic mass is 9.90. The van der Waals surface area contributed by atoms with Gasteiger partial charge < -0.3 is 19.9 Å². The predicted octanol–water partition coefficient (Wildman–Crippen LogP) is 4.61. The van der Waals surface area contributed by atoms with E-state index >= 15 is 0 Å². The van der Waals surface area contributed by atoms with Crippen molar-refractivity contribution in [3.8, 4) is 11.5 Å². The van der Waals surface area contributed by atoms with E-state index in [-0.39, 0.29) is 34.5 Å². The molecule has 0 bridgehead atoms. The van der Waals surface area contributed by atoms with Gasteiger partial charge in [0.15, 0.2) is 0 Å². The van der Waals surface area contributed by atoms with E-state index in [2.05, 4.69) is 14.8 Å². The van der Waals surface area contributed by atoms with E-state index in [9.17, 15) is 36.3 Å². The van der Waals surface area contributed by atoms with Crippen LogP contribution in [0.5, 0.6) is 11.5 Å². The number of carbonyl (C=O) groups is 2. The maximum absolute atomic E-state index is 13.0. The summed E-state index contributed by atoms with van der Waals surface area (Å²) < 4.78 is 74.8. The highest BCUT2D eigenvalue weighted by Crippen LogP contribution is 2.34. The fourth-order valence-corrected chi connectivity index (χ4v) is 5.26. The van der Waals surface area contributed by atoms with Crippen molar-refractivity contribution in [2.24, 2.45) is 11.8 Å². The maximum atomic E-state index is 13.0. The Kier molecular flexibility index (Phi) is 8.33. The summed E-state index contributed by atoms with van der Waals surface area (Å²) in [6.45, 7) is 1.67. The lowest BCUT2D eigenvalue weighted by molar-refractivity contribution is -0.274. The summed E-state index contributed by atoms with van der Waals surface area (Å²) in [6.07, 6.45) is -1.99. The minimum atomic E-state index is -4.95. The van der Waals surface area contributed by atoms with Gasteiger partial charge in [0.25, 0.3) is 10.0 Å². The van der Waals surface area contributed by atoms with Crippen molar-refractivity contribution in [1.82, 2.24) is 0 Å². The smallest absolute Gasteiger partial charge is 0.492 e. The number of amides is 1. The zero-order chi connectivity index (χ0) is 26.5. The molecule has 3 rings (SSSR count). The lowest BCUT2D eigenvalue weighted by Gasteiger charge is -2.19. The van der Waals surface area contributed by atoms with Gasteiger partial charge >= 0.3 is 12.3 Å². The molecule has 3 N–H and O–H groups in total. The SMILES string of the molecule is CCOc1cc(NC(=O)C(C(=O)O)C2CCCC2)ccc1S(=O)(=O)Nc1cccc(OC(F)(F)F)c1. The van der Waals surface area contributed by atoms with Gasteiger partial charge in [0, 0.05) is 17.8 Å². The van der Waals surface area contributed by atoms with Crippen LogP contribution in [0, 0.1) is 11.8 Å². The summed E-state index contributed by atoms with van der Waals surface area (Å²) in [6, 6.07) is 7.97. The van der Waals surface area contributed by atoms with Gasteiger partial charge in [0.2, 0.25) is 5.91 Å². The van der Waals surface area contributed by atoms with Crippen LogP contribution < -0.4 is 19.5 Å². The highest BCUT2D eigenvalue weighted by Gasteiger charge is 2.36. The summed E-state index contributed by atoms with van der Waals surface area (Å²) >= 11 is 0. The number of benzene rings is 2. The molecular formula is C23H25F3N2O7S.